The number of carbonyl (C=O) groups is 2. The van der Waals surface area contributed by atoms with Crippen LogP contribution in [0.4, 0.5) is 4.79 Å². The SMILES string of the molecule is C[C@@H](CN(CC(=O)O)C(=O)OC(C)(C)C)c1ccccc1. The van der Waals surface area contributed by atoms with E-state index in [4.69, 9.17) is 9.84 Å². The van der Waals surface area contributed by atoms with Gasteiger partial charge >= 0.3 is 12.1 Å². The van der Waals surface area contributed by atoms with Gasteiger partial charge in [0.25, 0.3) is 0 Å². The van der Waals surface area contributed by atoms with E-state index in [0.717, 1.165) is 5.56 Å². The molecule has 1 aromatic rings. The Morgan fingerprint density at radius 3 is 2.29 bits per heavy atom. The molecule has 0 aliphatic heterocycles. The van der Waals surface area contributed by atoms with Gasteiger partial charge in [0.2, 0.25) is 0 Å². The largest absolute Gasteiger partial charge is 0.480 e. The van der Waals surface area contributed by atoms with Crippen LogP contribution >= 0.6 is 0 Å². The molecule has 1 amide bonds. The molecule has 5 heteroatoms. The lowest BCUT2D eigenvalue weighted by Gasteiger charge is -2.28. The third kappa shape index (κ3) is 6.29. The number of nitrogens with zero attached hydrogens (tertiary/aromatic N) is 1. The van der Waals surface area contributed by atoms with E-state index in [0.29, 0.717) is 6.54 Å². The van der Waals surface area contributed by atoms with Gasteiger partial charge in [0.15, 0.2) is 0 Å². The summed E-state index contributed by atoms with van der Waals surface area (Å²) < 4.78 is 5.26. The molecular formula is C16H23NO4. The molecule has 5 nitrogen and oxygen atoms in total. The smallest absolute Gasteiger partial charge is 0.410 e. The molecule has 21 heavy (non-hydrogen) atoms. The number of hydrogen-bond donors (Lipinski definition) is 1. The van der Waals surface area contributed by atoms with Gasteiger partial charge in [-0.05, 0) is 32.3 Å². The first kappa shape index (κ1) is 17.0. The molecule has 0 heterocycles. The van der Waals surface area contributed by atoms with E-state index in [1.54, 1.807) is 20.8 Å². The summed E-state index contributed by atoms with van der Waals surface area (Å²) in [6.45, 7) is 7.14. The van der Waals surface area contributed by atoms with Crippen LogP contribution in [0.25, 0.3) is 0 Å². The first-order chi connectivity index (χ1) is 9.69. The van der Waals surface area contributed by atoms with Crippen LogP contribution in [-0.2, 0) is 9.53 Å². The number of rotatable bonds is 5. The van der Waals surface area contributed by atoms with E-state index >= 15 is 0 Å². The van der Waals surface area contributed by atoms with Crippen LogP contribution in [-0.4, -0.2) is 40.8 Å². The zero-order valence-electron chi connectivity index (χ0n) is 13.0. The van der Waals surface area contributed by atoms with Crippen molar-refractivity contribution in [2.45, 2.75) is 39.2 Å². The van der Waals surface area contributed by atoms with Crippen LogP contribution < -0.4 is 0 Å². The number of benzene rings is 1. The Hall–Kier alpha value is -2.04. The number of carboxylic acid groups (broad SMARTS) is 1. The van der Waals surface area contributed by atoms with Crippen LogP contribution in [0.1, 0.15) is 39.2 Å². The molecule has 1 rings (SSSR count). The van der Waals surface area contributed by atoms with Crippen molar-refractivity contribution in [3.8, 4) is 0 Å². The third-order valence-electron chi connectivity index (χ3n) is 2.84. The van der Waals surface area contributed by atoms with E-state index in [-0.39, 0.29) is 12.5 Å². The molecule has 1 atom stereocenters. The minimum atomic E-state index is -1.05. The average molecular weight is 293 g/mol. The highest BCUT2D eigenvalue weighted by atomic mass is 16.6. The zero-order chi connectivity index (χ0) is 16.0. The number of aliphatic carboxylic acids is 1. The summed E-state index contributed by atoms with van der Waals surface area (Å²) in [4.78, 5) is 24.3. The Kier molecular flexibility index (Phi) is 5.76. The zero-order valence-corrected chi connectivity index (χ0v) is 13.0. The number of carbonyl (C=O) groups excluding carboxylic acids is 1. The van der Waals surface area contributed by atoms with Gasteiger partial charge in [-0.1, -0.05) is 37.3 Å². The monoisotopic (exact) mass is 293 g/mol. The molecule has 0 spiro atoms. The van der Waals surface area contributed by atoms with Crippen molar-refractivity contribution in [3.63, 3.8) is 0 Å². The van der Waals surface area contributed by atoms with Gasteiger partial charge in [0.05, 0.1) is 0 Å². The van der Waals surface area contributed by atoms with Crippen molar-refractivity contribution >= 4 is 12.1 Å². The molecule has 0 saturated carbocycles. The second kappa shape index (κ2) is 7.11. The van der Waals surface area contributed by atoms with E-state index in [1.807, 2.05) is 37.3 Å². The lowest BCUT2D eigenvalue weighted by molar-refractivity contribution is -0.138. The van der Waals surface area contributed by atoms with Crippen LogP contribution in [0.5, 0.6) is 0 Å². The van der Waals surface area contributed by atoms with Crippen LogP contribution in [0.15, 0.2) is 30.3 Å². The van der Waals surface area contributed by atoms with Crippen LogP contribution in [0, 0.1) is 0 Å². The fourth-order valence-corrected chi connectivity index (χ4v) is 1.91. The molecule has 1 N–H and O–H groups in total. The molecule has 0 aliphatic rings. The molecule has 0 saturated heterocycles. The molecule has 0 aliphatic carbocycles. The van der Waals surface area contributed by atoms with Gasteiger partial charge in [0.1, 0.15) is 12.1 Å². The topological polar surface area (TPSA) is 66.8 Å². The predicted molar refractivity (Wildman–Crippen MR) is 80.3 cm³/mol. The molecule has 1 aromatic carbocycles. The Labute approximate surface area is 125 Å². The summed E-state index contributed by atoms with van der Waals surface area (Å²) in [6.07, 6.45) is -0.604. The predicted octanol–water partition coefficient (Wildman–Crippen LogP) is 3.11. The molecule has 116 valence electrons. The third-order valence-corrected chi connectivity index (χ3v) is 2.84. The lowest BCUT2D eigenvalue weighted by Crippen LogP contribution is -2.41. The minimum Gasteiger partial charge on any atom is -0.480 e. The summed E-state index contributed by atoms with van der Waals surface area (Å²) in [5.74, 6) is -1.03. The molecule has 0 radical (unpaired) electrons. The summed E-state index contributed by atoms with van der Waals surface area (Å²) in [5.41, 5.74) is 0.403. The Morgan fingerprint density at radius 2 is 1.81 bits per heavy atom. The fourth-order valence-electron chi connectivity index (χ4n) is 1.91. The van der Waals surface area contributed by atoms with Gasteiger partial charge < -0.3 is 9.84 Å². The van der Waals surface area contributed by atoms with Crippen LogP contribution in [0.2, 0.25) is 0 Å². The molecule has 0 fully saturated rings. The maximum Gasteiger partial charge on any atom is 0.410 e. The van der Waals surface area contributed by atoms with Gasteiger partial charge in [-0.3, -0.25) is 9.69 Å². The second-order valence-corrected chi connectivity index (χ2v) is 6.07. The van der Waals surface area contributed by atoms with Crippen molar-refractivity contribution in [1.82, 2.24) is 4.90 Å². The number of ether oxygens (including phenoxy) is 1. The van der Waals surface area contributed by atoms with Crippen molar-refractivity contribution in [2.24, 2.45) is 0 Å². The van der Waals surface area contributed by atoms with E-state index in [2.05, 4.69) is 0 Å². The number of carboxylic acids is 1. The van der Waals surface area contributed by atoms with Crippen LogP contribution in [0.3, 0.4) is 0 Å². The summed E-state index contributed by atoms with van der Waals surface area (Å²) in [7, 11) is 0. The number of amides is 1. The summed E-state index contributed by atoms with van der Waals surface area (Å²) in [6, 6.07) is 9.66. The highest BCUT2D eigenvalue weighted by molar-refractivity contribution is 5.77. The summed E-state index contributed by atoms with van der Waals surface area (Å²) in [5, 5.41) is 8.97. The van der Waals surface area contributed by atoms with Gasteiger partial charge in [-0.15, -0.1) is 0 Å². The van der Waals surface area contributed by atoms with Gasteiger partial charge in [-0.25, -0.2) is 4.79 Å². The highest BCUT2D eigenvalue weighted by Crippen LogP contribution is 2.18. The fraction of sp³-hybridized carbons (Fsp3) is 0.500. The molecule has 0 aromatic heterocycles. The average Bonchev–Trinajstić information content (AvgIpc) is 2.36. The maximum atomic E-state index is 12.1. The van der Waals surface area contributed by atoms with Gasteiger partial charge in [0, 0.05) is 6.54 Å². The maximum absolute atomic E-state index is 12.1. The number of hydrogen-bond acceptors (Lipinski definition) is 3. The van der Waals surface area contributed by atoms with E-state index in [9.17, 15) is 9.59 Å². The standard InChI is InChI=1S/C16H23NO4/c1-12(13-8-6-5-7-9-13)10-17(11-14(18)19)15(20)21-16(2,3)4/h5-9,12H,10-11H2,1-4H3,(H,18,19)/t12-/m0/s1. The summed E-state index contributed by atoms with van der Waals surface area (Å²) >= 11 is 0. The van der Waals surface area contributed by atoms with Crippen molar-refractivity contribution in [1.29, 1.82) is 0 Å². The van der Waals surface area contributed by atoms with E-state index < -0.39 is 17.7 Å². The first-order valence-electron chi connectivity index (χ1n) is 6.93. The Morgan fingerprint density at radius 1 is 1.24 bits per heavy atom. The molecule has 0 unspecified atom stereocenters. The minimum absolute atomic E-state index is 0.0260. The Balaban J connectivity index is 2.78. The highest BCUT2D eigenvalue weighted by Gasteiger charge is 2.25. The quantitative estimate of drug-likeness (QED) is 0.905. The van der Waals surface area contributed by atoms with Crippen molar-refractivity contribution in [3.05, 3.63) is 35.9 Å². The first-order valence-corrected chi connectivity index (χ1v) is 6.93. The van der Waals surface area contributed by atoms with Crippen molar-refractivity contribution in [2.75, 3.05) is 13.1 Å². The van der Waals surface area contributed by atoms with Crippen molar-refractivity contribution < 1.29 is 19.4 Å². The second-order valence-electron chi connectivity index (χ2n) is 6.07. The van der Waals surface area contributed by atoms with E-state index in [1.165, 1.54) is 4.90 Å². The lowest BCUT2D eigenvalue weighted by atomic mass is 10.0. The Bertz CT molecular complexity index is 479. The normalized spacial score (nSPS) is 12.6. The molecular weight excluding hydrogens is 270 g/mol. The molecule has 0 bridgehead atoms. The van der Waals surface area contributed by atoms with Gasteiger partial charge in [-0.2, -0.15) is 0 Å².